The first-order valence-corrected chi connectivity index (χ1v) is 19.8. The minimum atomic E-state index is -1.33. The molecule has 0 amide bonds. The van der Waals surface area contributed by atoms with E-state index < -0.39 is 35.5 Å². The normalized spacial score (nSPS) is 31.2. The zero-order chi connectivity index (χ0) is 38.6. The van der Waals surface area contributed by atoms with Crippen molar-refractivity contribution in [3.63, 3.8) is 0 Å². The highest BCUT2D eigenvalue weighted by Crippen LogP contribution is 2.53. The molecular formula is C44H66O9. The van der Waals surface area contributed by atoms with Crippen LogP contribution in [0.5, 0.6) is 11.5 Å². The Balaban J connectivity index is 1.44. The summed E-state index contributed by atoms with van der Waals surface area (Å²) in [6.45, 7) is 16.6. The fraction of sp³-hybridized carbons (Fsp3) is 0.682. The van der Waals surface area contributed by atoms with Crippen molar-refractivity contribution in [3.05, 3.63) is 71.8 Å². The molecule has 3 aliphatic rings. The van der Waals surface area contributed by atoms with Crippen LogP contribution in [0.25, 0.3) is 0 Å². The molecule has 1 aliphatic carbocycles. The van der Waals surface area contributed by atoms with Crippen LogP contribution in [0.15, 0.2) is 60.7 Å². The van der Waals surface area contributed by atoms with E-state index in [0.717, 1.165) is 54.7 Å². The summed E-state index contributed by atoms with van der Waals surface area (Å²) in [5, 5.41) is 24.0. The molecule has 2 N–H and O–H groups in total. The molecule has 0 unspecified atom stereocenters. The molecule has 0 radical (unpaired) electrons. The first-order valence-electron chi connectivity index (χ1n) is 19.8. The van der Waals surface area contributed by atoms with Crippen molar-refractivity contribution in [2.45, 2.75) is 154 Å². The van der Waals surface area contributed by atoms with E-state index in [1.165, 1.54) is 0 Å². The molecule has 3 fully saturated rings. The summed E-state index contributed by atoms with van der Waals surface area (Å²) in [7, 11) is 3.30. The maximum absolute atomic E-state index is 12.5. The summed E-state index contributed by atoms with van der Waals surface area (Å²) >= 11 is 0. The third-order valence-corrected chi connectivity index (χ3v) is 12.2. The predicted octanol–water partition coefficient (Wildman–Crippen LogP) is 8.55. The van der Waals surface area contributed by atoms with Crippen molar-refractivity contribution in [2.24, 2.45) is 23.7 Å². The fourth-order valence-corrected chi connectivity index (χ4v) is 9.45. The number of rotatable bonds is 16. The number of aliphatic hydroxyl groups is 2. The van der Waals surface area contributed by atoms with E-state index in [2.05, 4.69) is 27.7 Å². The third-order valence-electron chi connectivity index (χ3n) is 12.2. The number of benzene rings is 2. The Bertz CT molecular complexity index is 1450. The van der Waals surface area contributed by atoms with Gasteiger partial charge in [-0.2, -0.15) is 0 Å². The Hall–Kier alpha value is -2.50. The summed E-state index contributed by atoms with van der Waals surface area (Å²) in [6.07, 6.45) is 6.16. The van der Waals surface area contributed by atoms with Crippen LogP contribution in [-0.4, -0.2) is 71.9 Å². The number of aliphatic hydroxyl groups excluding tert-OH is 1. The molecule has 9 heteroatoms. The Morgan fingerprint density at radius 3 is 2.13 bits per heavy atom. The predicted molar refractivity (Wildman–Crippen MR) is 206 cm³/mol. The molecule has 2 saturated heterocycles. The van der Waals surface area contributed by atoms with E-state index in [4.69, 9.17) is 33.2 Å². The molecule has 0 bridgehead atoms. The Kier molecular flexibility index (Phi) is 13.8. The quantitative estimate of drug-likeness (QED) is 0.164. The van der Waals surface area contributed by atoms with Crippen LogP contribution in [0.2, 0.25) is 0 Å². The maximum atomic E-state index is 12.5. The zero-order valence-electron chi connectivity index (χ0n) is 33.7. The lowest BCUT2D eigenvalue weighted by Gasteiger charge is -2.50. The molecule has 2 aliphatic heterocycles. The third kappa shape index (κ3) is 9.15. The standard InChI is InChI=1S/C44H66O9/c1-11-15-28(3)37(45)30(5)39(49-27-32-16-20-34(47-9)21-17-32)42(7,46)26-29(4)38-31(6)40(51-41(50-38)33-18-22-35(48-10)23-19-33)43(8)36(12-2)52-44(53-43)24-13-14-25-44/h11,15-23,28-31,36-41,45-46H,12-14,24-27H2,1-10H3/b15-11+/t28-,29+,30-,31-,36+,37+,38-,39+,40+,41+,42+,43+/m0/s1. The van der Waals surface area contributed by atoms with Gasteiger partial charge in [0.2, 0.25) is 0 Å². The fourth-order valence-electron chi connectivity index (χ4n) is 9.45. The van der Waals surface area contributed by atoms with Crippen LogP contribution >= 0.6 is 0 Å². The Morgan fingerprint density at radius 1 is 0.962 bits per heavy atom. The van der Waals surface area contributed by atoms with Gasteiger partial charge >= 0.3 is 0 Å². The molecule has 12 atom stereocenters. The minimum Gasteiger partial charge on any atom is -0.497 e. The second-order valence-corrected chi connectivity index (χ2v) is 16.4. The van der Waals surface area contributed by atoms with E-state index in [1.807, 2.05) is 88.4 Å². The van der Waals surface area contributed by atoms with Gasteiger partial charge in [-0.25, -0.2) is 0 Å². The number of hydrogen-bond acceptors (Lipinski definition) is 9. The van der Waals surface area contributed by atoms with Crippen LogP contribution in [0.1, 0.15) is 111 Å². The van der Waals surface area contributed by atoms with Crippen molar-refractivity contribution in [3.8, 4) is 11.5 Å². The summed E-state index contributed by atoms with van der Waals surface area (Å²) in [6, 6.07) is 15.5. The lowest BCUT2D eigenvalue weighted by molar-refractivity contribution is -0.322. The van der Waals surface area contributed by atoms with Gasteiger partial charge in [0.05, 0.1) is 56.9 Å². The summed E-state index contributed by atoms with van der Waals surface area (Å²) in [5.41, 5.74) is -0.204. The largest absolute Gasteiger partial charge is 0.497 e. The molecule has 5 rings (SSSR count). The molecule has 2 heterocycles. The van der Waals surface area contributed by atoms with E-state index >= 15 is 0 Å². The second kappa shape index (κ2) is 17.5. The zero-order valence-corrected chi connectivity index (χ0v) is 33.7. The van der Waals surface area contributed by atoms with E-state index in [0.29, 0.717) is 6.42 Å². The van der Waals surface area contributed by atoms with Gasteiger partial charge in [0.15, 0.2) is 12.1 Å². The molecule has 9 nitrogen and oxygen atoms in total. The lowest BCUT2D eigenvalue weighted by Crippen LogP contribution is -2.59. The Morgan fingerprint density at radius 2 is 1.57 bits per heavy atom. The van der Waals surface area contributed by atoms with Crippen LogP contribution in [0.3, 0.4) is 0 Å². The van der Waals surface area contributed by atoms with Crippen LogP contribution in [0.4, 0.5) is 0 Å². The monoisotopic (exact) mass is 738 g/mol. The highest BCUT2D eigenvalue weighted by Gasteiger charge is 2.62. The summed E-state index contributed by atoms with van der Waals surface area (Å²) in [4.78, 5) is 0. The number of methoxy groups -OCH3 is 2. The molecule has 1 spiro atoms. The van der Waals surface area contributed by atoms with Gasteiger partial charge in [0.25, 0.3) is 0 Å². The van der Waals surface area contributed by atoms with Crippen molar-refractivity contribution in [1.82, 2.24) is 0 Å². The van der Waals surface area contributed by atoms with Crippen LogP contribution in [-0.2, 0) is 30.3 Å². The summed E-state index contributed by atoms with van der Waals surface area (Å²) in [5.74, 6) is 0.194. The van der Waals surface area contributed by atoms with Gasteiger partial charge in [-0.1, -0.05) is 71.0 Å². The molecule has 2 aromatic carbocycles. The van der Waals surface area contributed by atoms with Crippen LogP contribution in [0, 0.1) is 23.7 Å². The highest BCUT2D eigenvalue weighted by molar-refractivity contribution is 5.28. The van der Waals surface area contributed by atoms with Crippen molar-refractivity contribution >= 4 is 0 Å². The minimum absolute atomic E-state index is 0.106. The van der Waals surface area contributed by atoms with E-state index in [9.17, 15) is 10.2 Å². The smallest absolute Gasteiger partial charge is 0.184 e. The van der Waals surface area contributed by atoms with Gasteiger partial charge in [0, 0.05) is 36.2 Å². The van der Waals surface area contributed by atoms with E-state index in [-0.39, 0.29) is 48.6 Å². The van der Waals surface area contributed by atoms with Crippen molar-refractivity contribution < 1.29 is 43.4 Å². The number of ether oxygens (including phenoxy) is 7. The molecule has 2 aromatic rings. The maximum Gasteiger partial charge on any atom is 0.184 e. The highest BCUT2D eigenvalue weighted by atomic mass is 16.8. The molecule has 1 saturated carbocycles. The summed E-state index contributed by atoms with van der Waals surface area (Å²) < 4.78 is 45.1. The van der Waals surface area contributed by atoms with Gasteiger partial charge in [-0.15, -0.1) is 0 Å². The second-order valence-electron chi connectivity index (χ2n) is 16.4. The molecular weight excluding hydrogens is 672 g/mol. The van der Waals surface area contributed by atoms with Gasteiger partial charge < -0.3 is 43.4 Å². The lowest BCUT2D eigenvalue weighted by atomic mass is 9.73. The molecule has 0 aromatic heterocycles. The Labute approximate surface area is 318 Å². The first kappa shape index (κ1) is 41.7. The van der Waals surface area contributed by atoms with Crippen molar-refractivity contribution in [2.75, 3.05) is 14.2 Å². The van der Waals surface area contributed by atoms with Crippen molar-refractivity contribution in [1.29, 1.82) is 0 Å². The van der Waals surface area contributed by atoms with Gasteiger partial charge in [-0.3, -0.25) is 0 Å². The number of hydrogen-bond donors (Lipinski definition) is 2. The van der Waals surface area contributed by atoms with Gasteiger partial charge in [-0.05, 0) is 82.2 Å². The SMILES string of the molecule is C/C=C/[C@H](C)[C@@H](O)[C@H](C)[C@@H](OCc1ccc(OC)cc1)[C@](C)(O)C[C@@H](C)[C@@H]1O[C@@H](c2ccc(OC)cc2)O[C@@H]([C@]2(C)OC3(CCCC3)O[C@@H]2CC)[C@H]1C. The van der Waals surface area contributed by atoms with Gasteiger partial charge in [0.1, 0.15) is 17.1 Å². The topological polar surface area (TPSA) is 105 Å². The molecule has 296 valence electrons. The van der Waals surface area contributed by atoms with Crippen LogP contribution < -0.4 is 9.47 Å². The first-order chi connectivity index (χ1) is 25.2. The number of allylic oxidation sites excluding steroid dienone is 1. The average molecular weight is 739 g/mol. The average Bonchev–Trinajstić information content (AvgIpc) is 3.73. The van der Waals surface area contributed by atoms with E-state index in [1.54, 1.807) is 14.2 Å². The molecule has 53 heavy (non-hydrogen) atoms.